The molecule has 0 aliphatic carbocycles. The van der Waals surface area contributed by atoms with Crippen molar-refractivity contribution in [2.45, 2.75) is 39.2 Å². The third kappa shape index (κ3) is 4.06. The molecule has 1 aliphatic heterocycles. The lowest BCUT2D eigenvalue weighted by atomic mass is 9.96. The summed E-state index contributed by atoms with van der Waals surface area (Å²) in [5.74, 6) is -0.639. The molecule has 4 nitrogen and oxygen atoms in total. The predicted molar refractivity (Wildman–Crippen MR) is 82.9 cm³/mol. The number of amides is 2. The maximum Gasteiger partial charge on any atom is 0.253 e. The Kier molecular flexibility index (Phi) is 5.52. The molecule has 0 unspecified atom stereocenters. The molecule has 1 aromatic carbocycles. The molecule has 0 radical (unpaired) electrons. The van der Waals surface area contributed by atoms with Gasteiger partial charge in [0.1, 0.15) is 5.82 Å². The van der Waals surface area contributed by atoms with Crippen LogP contribution in [-0.4, -0.2) is 35.8 Å². The molecule has 1 N–H and O–H groups in total. The Bertz CT molecular complexity index is 530. The Hall–Kier alpha value is -1.91. The van der Waals surface area contributed by atoms with E-state index in [9.17, 15) is 14.0 Å². The second-order valence-electron chi connectivity index (χ2n) is 5.92. The Morgan fingerprint density at radius 2 is 2.05 bits per heavy atom. The Morgan fingerprint density at radius 3 is 2.68 bits per heavy atom. The number of likely N-dealkylation sites (tertiary alicyclic amines) is 1. The van der Waals surface area contributed by atoms with E-state index in [1.807, 2.05) is 13.8 Å². The predicted octanol–water partition coefficient (Wildman–Crippen LogP) is 2.59. The van der Waals surface area contributed by atoms with Crippen LogP contribution in [0, 0.1) is 11.7 Å². The molecular weight excluding hydrogens is 283 g/mol. The minimum Gasteiger partial charge on any atom is -0.353 e. The number of nitrogens with one attached hydrogen (secondary N) is 1. The van der Waals surface area contributed by atoms with Crippen LogP contribution >= 0.6 is 0 Å². The molecule has 2 rings (SSSR count). The fourth-order valence-corrected chi connectivity index (χ4v) is 2.61. The van der Waals surface area contributed by atoms with E-state index in [0.29, 0.717) is 18.7 Å². The van der Waals surface area contributed by atoms with Crippen molar-refractivity contribution >= 4 is 11.8 Å². The van der Waals surface area contributed by atoms with Crippen LogP contribution in [0.1, 0.15) is 43.5 Å². The van der Waals surface area contributed by atoms with Crippen molar-refractivity contribution in [3.05, 3.63) is 35.6 Å². The summed E-state index contributed by atoms with van der Waals surface area (Å²) < 4.78 is 12.9. The quantitative estimate of drug-likeness (QED) is 0.929. The van der Waals surface area contributed by atoms with Gasteiger partial charge in [-0.2, -0.15) is 0 Å². The molecule has 1 aliphatic rings. The number of piperidine rings is 1. The van der Waals surface area contributed by atoms with Crippen LogP contribution in [-0.2, 0) is 4.79 Å². The summed E-state index contributed by atoms with van der Waals surface area (Å²) in [7, 11) is 0. The molecule has 0 spiro atoms. The van der Waals surface area contributed by atoms with Crippen LogP contribution in [0.5, 0.6) is 0 Å². The molecule has 1 saturated heterocycles. The highest BCUT2D eigenvalue weighted by Crippen LogP contribution is 2.19. The SMILES string of the molecule is CC[C@@H](C)NC(=O)[C@@H]1CCCN(C(=O)c2ccc(F)cc2)C1. The van der Waals surface area contributed by atoms with Crippen LogP contribution in [0.25, 0.3) is 0 Å². The van der Waals surface area contributed by atoms with Crippen molar-refractivity contribution in [3.63, 3.8) is 0 Å². The maximum atomic E-state index is 12.9. The highest BCUT2D eigenvalue weighted by Gasteiger charge is 2.29. The lowest BCUT2D eigenvalue weighted by molar-refractivity contribution is -0.126. The average Bonchev–Trinajstić information content (AvgIpc) is 2.54. The fourth-order valence-electron chi connectivity index (χ4n) is 2.61. The number of nitrogens with zero attached hydrogens (tertiary/aromatic N) is 1. The van der Waals surface area contributed by atoms with Crippen LogP contribution in [0.3, 0.4) is 0 Å². The zero-order chi connectivity index (χ0) is 16.1. The molecule has 120 valence electrons. The highest BCUT2D eigenvalue weighted by atomic mass is 19.1. The summed E-state index contributed by atoms with van der Waals surface area (Å²) in [5, 5.41) is 2.98. The van der Waals surface area contributed by atoms with Crippen molar-refractivity contribution in [3.8, 4) is 0 Å². The first kappa shape index (κ1) is 16.5. The zero-order valence-electron chi connectivity index (χ0n) is 13.1. The summed E-state index contributed by atoms with van der Waals surface area (Å²) >= 11 is 0. The molecule has 1 fully saturated rings. The largest absolute Gasteiger partial charge is 0.353 e. The number of carbonyl (C=O) groups is 2. The smallest absolute Gasteiger partial charge is 0.253 e. The van der Waals surface area contributed by atoms with Crippen molar-refractivity contribution in [1.82, 2.24) is 10.2 Å². The van der Waals surface area contributed by atoms with E-state index in [0.717, 1.165) is 19.3 Å². The minimum absolute atomic E-state index is 0.0194. The van der Waals surface area contributed by atoms with E-state index in [1.165, 1.54) is 24.3 Å². The normalized spacial score (nSPS) is 19.6. The van der Waals surface area contributed by atoms with E-state index in [4.69, 9.17) is 0 Å². The first-order valence-corrected chi connectivity index (χ1v) is 7.86. The molecule has 1 aromatic rings. The molecule has 0 aromatic heterocycles. The van der Waals surface area contributed by atoms with Gasteiger partial charge < -0.3 is 10.2 Å². The maximum absolute atomic E-state index is 12.9. The van der Waals surface area contributed by atoms with Crippen molar-refractivity contribution in [1.29, 1.82) is 0 Å². The summed E-state index contributed by atoms with van der Waals surface area (Å²) in [4.78, 5) is 26.3. The fraction of sp³-hybridized carbons (Fsp3) is 0.529. The Balaban J connectivity index is 1.99. The molecule has 2 atom stereocenters. The van der Waals surface area contributed by atoms with Crippen molar-refractivity contribution in [2.24, 2.45) is 5.92 Å². The number of halogens is 1. The number of hydrogen-bond donors (Lipinski definition) is 1. The third-order valence-corrected chi connectivity index (χ3v) is 4.17. The number of carbonyl (C=O) groups excluding carboxylic acids is 2. The average molecular weight is 306 g/mol. The monoisotopic (exact) mass is 306 g/mol. The Morgan fingerprint density at radius 1 is 1.36 bits per heavy atom. The van der Waals surface area contributed by atoms with Gasteiger partial charge in [-0.05, 0) is 50.5 Å². The summed E-state index contributed by atoms with van der Waals surface area (Å²) in [6.07, 6.45) is 2.50. The van der Waals surface area contributed by atoms with E-state index >= 15 is 0 Å². The van der Waals surface area contributed by atoms with Gasteiger partial charge in [0.2, 0.25) is 5.91 Å². The zero-order valence-corrected chi connectivity index (χ0v) is 13.1. The summed E-state index contributed by atoms with van der Waals surface area (Å²) in [6, 6.07) is 5.69. The van der Waals surface area contributed by atoms with Gasteiger partial charge in [-0.3, -0.25) is 9.59 Å². The van der Waals surface area contributed by atoms with Crippen molar-refractivity contribution < 1.29 is 14.0 Å². The number of rotatable bonds is 4. The van der Waals surface area contributed by atoms with Gasteiger partial charge in [-0.25, -0.2) is 4.39 Å². The third-order valence-electron chi connectivity index (χ3n) is 4.17. The topological polar surface area (TPSA) is 49.4 Å². The van der Waals surface area contributed by atoms with Gasteiger partial charge >= 0.3 is 0 Å². The summed E-state index contributed by atoms with van der Waals surface area (Å²) in [5.41, 5.74) is 0.462. The van der Waals surface area contributed by atoms with Gasteiger partial charge in [0, 0.05) is 24.7 Å². The Labute approximate surface area is 130 Å². The second-order valence-corrected chi connectivity index (χ2v) is 5.92. The van der Waals surface area contributed by atoms with Crippen LogP contribution in [0.2, 0.25) is 0 Å². The molecule has 0 bridgehead atoms. The standard InChI is InChI=1S/C17H23FN2O2/c1-3-12(2)19-16(21)14-5-4-10-20(11-14)17(22)13-6-8-15(18)9-7-13/h6-9,12,14H,3-5,10-11H2,1-2H3,(H,19,21)/t12-,14-/m1/s1. The van der Waals surface area contributed by atoms with E-state index in [-0.39, 0.29) is 29.6 Å². The highest BCUT2D eigenvalue weighted by molar-refractivity contribution is 5.94. The van der Waals surface area contributed by atoms with Gasteiger partial charge in [0.25, 0.3) is 5.91 Å². The number of benzene rings is 1. The summed E-state index contributed by atoms with van der Waals surface area (Å²) in [6.45, 7) is 5.07. The number of hydrogen-bond acceptors (Lipinski definition) is 2. The lowest BCUT2D eigenvalue weighted by Crippen LogP contribution is -2.47. The molecule has 0 saturated carbocycles. The molecular formula is C17H23FN2O2. The molecule has 22 heavy (non-hydrogen) atoms. The molecule has 5 heteroatoms. The van der Waals surface area contributed by atoms with Gasteiger partial charge in [-0.1, -0.05) is 6.92 Å². The molecule has 2 amide bonds. The van der Waals surface area contributed by atoms with E-state index in [2.05, 4.69) is 5.32 Å². The minimum atomic E-state index is -0.360. The van der Waals surface area contributed by atoms with Crippen LogP contribution in [0.15, 0.2) is 24.3 Å². The van der Waals surface area contributed by atoms with E-state index < -0.39 is 0 Å². The van der Waals surface area contributed by atoms with Gasteiger partial charge in [0.05, 0.1) is 5.92 Å². The second kappa shape index (κ2) is 7.38. The first-order chi connectivity index (χ1) is 10.5. The van der Waals surface area contributed by atoms with E-state index in [1.54, 1.807) is 4.90 Å². The van der Waals surface area contributed by atoms with Gasteiger partial charge in [-0.15, -0.1) is 0 Å². The van der Waals surface area contributed by atoms with Gasteiger partial charge in [0.15, 0.2) is 0 Å². The first-order valence-electron chi connectivity index (χ1n) is 7.86. The lowest BCUT2D eigenvalue weighted by Gasteiger charge is -2.32. The van der Waals surface area contributed by atoms with Crippen LogP contribution in [0.4, 0.5) is 4.39 Å². The van der Waals surface area contributed by atoms with Crippen molar-refractivity contribution in [2.75, 3.05) is 13.1 Å². The van der Waals surface area contributed by atoms with Crippen LogP contribution < -0.4 is 5.32 Å². The molecule has 1 heterocycles.